The fourth-order valence-electron chi connectivity index (χ4n) is 5.79. The molecule has 0 spiro atoms. The van der Waals surface area contributed by atoms with Crippen LogP contribution in [0.1, 0.15) is 34.2 Å². The molecule has 1 fully saturated rings. The lowest BCUT2D eigenvalue weighted by atomic mass is 10.00. The first kappa shape index (κ1) is 26.5. The summed E-state index contributed by atoms with van der Waals surface area (Å²) >= 11 is 0. The minimum Gasteiger partial charge on any atom is -0.250 e. The normalized spacial score (nSPS) is 15.2. The Morgan fingerprint density at radius 3 is 1.26 bits per heavy atom. The van der Waals surface area contributed by atoms with Crippen LogP contribution in [0.15, 0.2) is 72.8 Å². The van der Waals surface area contributed by atoms with E-state index in [0.29, 0.717) is 19.0 Å². The van der Waals surface area contributed by atoms with Crippen LogP contribution in [0.5, 0.6) is 0 Å². The first-order valence-electron chi connectivity index (χ1n) is 14.4. The maximum Gasteiger partial charge on any atom is 0.0890 e. The predicted molar refractivity (Wildman–Crippen MR) is 164 cm³/mol. The molecule has 0 aliphatic carbocycles. The molecular weight excluding hydrogens is 522 g/mol. The third kappa shape index (κ3) is 5.42. The van der Waals surface area contributed by atoms with Crippen molar-refractivity contribution in [2.45, 2.75) is 40.3 Å². The van der Waals surface area contributed by atoms with Gasteiger partial charge in [0.15, 0.2) is 0 Å². The fraction of sp³-hybridized carbons (Fsp3) is 0.273. The number of benzene rings is 3. The van der Waals surface area contributed by atoms with Crippen molar-refractivity contribution >= 4 is 33.1 Å². The van der Waals surface area contributed by atoms with Crippen LogP contribution in [0.25, 0.3) is 33.1 Å². The van der Waals surface area contributed by atoms with Crippen LogP contribution in [0.3, 0.4) is 0 Å². The number of fused-ring (bicyclic) bond motifs is 3. The number of hydrogen-bond acceptors (Lipinski definition) is 9. The highest BCUT2D eigenvalue weighted by atomic mass is 15.8. The van der Waals surface area contributed by atoms with E-state index in [2.05, 4.69) is 22.5 Å². The van der Waals surface area contributed by atoms with Crippen LogP contribution in [-0.2, 0) is 19.5 Å². The lowest BCUT2D eigenvalue weighted by Gasteiger charge is -2.40. The topological polar surface area (TPSA) is 95.8 Å². The highest BCUT2D eigenvalue weighted by molar-refractivity contribution is 5.75. The maximum absolute atomic E-state index is 5.02. The van der Waals surface area contributed by atoms with Crippen LogP contribution < -0.4 is 5.53 Å². The fourth-order valence-corrected chi connectivity index (χ4v) is 5.79. The van der Waals surface area contributed by atoms with E-state index < -0.39 is 0 Å². The average molecular weight is 556 g/mol. The van der Waals surface area contributed by atoms with Gasteiger partial charge in [-0.3, -0.25) is 0 Å². The lowest BCUT2D eigenvalue weighted by molar-refractivity contribution is -0.0556. The smallest absolute Gasteiger partial charge is 0.0890 e. The van der Waals surface area contributed by atoms with E-state index in [0.717, 1.165) is 86.8 Å². The van der Waals surface area contributed by atoms with Crippen molar-refractivity contribution in [3.05, 3.63) is 107 Å². The molecule has 0 amide bonds. The maximum atomic E-state index is 5.02. The van der Waals surface area contributed by atoms with Crippen molar-refractivity contribution in [3.63, 3.8) is 0 Å². The number of aromatic nitrogens is 6. The summed E-state index contributed by atoms with van der Waals surface area (Å²) in [7, 11) is 0. The van der Waals surface area contributed by atoms with Gasteiger partial charge in [-0.25, -0.2) is 39.9 Å². The summed E-state index contributed by atoms with van der Waals surface area (Å²) in [4.78, 5) is 29.5. The second kappa shape index (κ2) is 11.1. The molecule has 0 saturated carbocycles. The van der Waals surface area contributed by atoms with Crippen LogP contribution in [0.2, 0.25) is 0 Å². The summed E-state index contributed by atoms with van der Waals surface area (Å²) in [6, 6.07) is 24.2. The molecule has 1 aliphatic rings. The Bertz CT molecular complexity index is 1690. The second-order valence-electron chi connectivity index (χ2n) is 11.2. The third-order valence-electron chi connectivity index (χ3n) is 7.93. The standard InChI is InChI=1S/C33H33N9/c1-21-31(37-28-13-7-4-10-25(28)34-21)16-24-17-41(19-32-22(2)35-26-11-5-8-14-29(26)38-32)40-42(18-24)20-33-23(3)36-27-12-6-9-15-30(27)39-33/h4-15,24,40H,16-20H2,1-3H3. The van der Waals surface area contributed by atoms with Gasteiger partial charge in [-0.15, -0.1) is 0 Å². The molecule has 0 atom stereocenters. The van der Waals surface area contributed by atoms with Gasteiger partial charge < -0.3 is 0 Å². The Hall–Kier alpha value is -4.44. The monoisotopic (exact) mass is 555 g/mol. The SMILES string of the molecule is Cc1nc2ccccc2nc1CC1CN(Cc2nc3ccccc3nc2C)NN(Cc2nc3ccccc3nc2C)C1. The minimum atomic E-state index is 0.308. The summed E-state index contributed by atoms with van der Waals surface area (Å²) in [5.74, 6) is 0.308. The zero-order chi connectivity index (χ0) is 28.6. The molecule has 210 valence electrons. The number of para-hydroxylation sites is 6. The van der Waals surface area contributed by atoms with Crippen molar-refractivity contribution in [2.75, 3.05) is 13.1 Å². The molecular formula is C33H33N9. The molecule has 1 aliphatic heterocycles. The van der Waals surface area contributed by atoms with E-state index in [-0.39, 0.29) is 0 Å². The molecule has 1 saturated heterocycles. The second-order valence-corrected chi connectivity index (χ2v) is 11.2. The Kier molecular flexibility index (Phi) is 6.99. The van der Waals surface area contributed by atoms with E-state index in [1.807, 2.05) is 86.6 Å². The summed E-state index contributed by atoms with van der Waals surface area (Å²) in [6.07, 6.45) is 0.823. The summed E-state index contributed by atoms with van der Waals surface area (Å²) in [5.41, 5.74) is 15.0. The van der Waals surface area contributed by atoms with Gasteiger partial charge in [-0.2, -0.15) is 5.53 Å². The van der Waals surface area contributed by atoms with Gasteiger partial charge in [0, 0.05) is 13.1 Å². The third-order valence-corrected chi connectivity index (χ3v) is 7.93. The van der Waals surface area contributed by atoms with Gasteiger partial charge >= 0.3 is 0 Å². The largest absolute Gasteiger partial charge is 0.250 e. The van der Waals surface area contributed by atoms with E-state index in [1.54, 1.807) is 0 Å². The first-order valence-corrected chi connectivity index (χ1v) is 14.4. The molecule has 1 N–H and O–H groups in total. The van der Waals surface area contributed by atoms with Gasteiger partial charge in [0.25, 0.3) is 0 Å². The number of nitrogens with one attached hydrogen (secondary N) is 1. The Morgan fingerprint density at radius 1 is 0.524 bits per heavy atom. The van der Waals surface area contributed by atoms with Crippen molar-refractivity contribution < 1.29 is 0 Å². The molecule has 0 radical (unpaired) electrons. The molecule has 0 unspecified atom stereocenters. The van der Waals surface area contributed by atoms with E-state index in [9.17, 15) is 0 Å². The van der Waals surface area contributed by atoms with Crippen molar-refractivity contribution in [1.82, 2.24) is 45.5 Å². The molecule has 3 aromatic heterocycles. The van der Waals surface area contributed by atoms with Crippen LogP contribution in [-0.4, -0.2) is 53.0 Å². The molecule has 9 nitrogen and oxygen atoms in total. The van der Waals surface area contributed by atoms with Crippen LogP contribution in [0.4, 0.5) is 0 Å². The van der Waals surface area contributed by atoms with Gasteiger partial charge in [0.1, 0.15) is 0 Å². The lowest BCUT2D eigenvalue weighted by Crippen LogP contribution is -2.58. The van der Waals surface area contributed by atoms with Crippen molar-refractivity contribution in [2.24, 2.45) is 5.92 Å². The van der Waals surface area contributed by atoms with Crippen LogP contribution in [0, 0.1) is 26.7 Å². The summed E-state index contributed by atoms with van der Waals surface area (Å²) < 4.78 is 0. The van der Waals surface area contributed by atoms with E-state index in [4.69, 9.17) is 29.9 Å². The van der Waals surface area contributed by atoms with Gasteiger partial charge in [-0.05, 0) is 69.5 Å². The molecule has 0 bridgehead atoms. The summed E-state index contributed by atoms with van der Waals surface area (Å²) in [5, 5.41) is 4.49. The van der Waals surface area contributed by atoms with Gasteiger partial charge in [0.2, 0.25) is 0 Å². The van der Waals surface area contributed by atoms with Gasteiger partial charge in [0.05, 0.1) is 80.4 Å². The highest BCUT2D eigenvalue weighted by Gasteiger charge is 2.28. The van der Waals surface area contributed by atoms with Crippen molar-refractivity contribution in [3.8, 4) is 0 Å². The van der Waals surface area contributed by atoms with Gasteiger partial charge in [-0.1, -0.05) is 36.4 Å². The number of hydrazine groups is 2. The molecule has 9 heteroatoms. The number of hydrogen-bond donors (Lipinski definition) is 1. The molecule has 6 aromatic rings. The van der Waals surface area contributed by atoms with Crippen LogP contribution >= 0.6 is 0 Å². The molecule has 7 rings (SSSR count). The minimum absolute atomic E-state index is 0.308. The van der Waals surface area contributed by atoms with Crippen molar-refractivity contribution in [1.29, 1.82) is 0 Å². The molecule has 42 heavy (non-hydrogen) atoms. The number of nitrogens with zero attached hydrogens (tertiary/aromatic N) is 8. The average Bonchev–Trinajstić information content (AvgIpc) is 2.98. The summed E-state index contributed by atoms with van der Waals surface area (Å²) in [6.45, 7) is 9.06. The zero-order valence-electron chi connectivity index (χ0n) is 24.1. The Labute approximate surface area is 244 Å². The van der Waals surface area contributed by atoms with E-state index in [1.165, 1.54) is 0 Å². The number of rotatable bonds is 6. The molecule has 3 aromatic carbocycles. The molecule has 4 heterocycles. The Balaban J connectivity index is 1.19. The quantitative estimate of drug-likeness (QED) is 0.303. The predicted octanol–water partition coefficient (Wildman–Crippen LogP) is 5.04. The number of aryl methyl sites for hydroxylation is 3. The zero-order valence-corrected chi connectivity index (χ0v) is 24.1. The first-order chi connectivity index (χ1) is 20.5. The highest BCUT2D eigenvalue weighted by Crippen LogP contribution is 2.22. The Morgan fingerprint density at radius 2 is 0.857 bits per heavy atom. The van der Waals surface area contributed by atoms with E-state index >= 15 is 0 Å².